The first-order valence-corrected chi connectivity index (χ1v) is 11.1. The minimum atomic E-state index is -1.47. The fourth-order valence-corrected chi connectivity index (χ4v) is 5.38. The van der Waals surface area contributed by atoms with Gasteiger partial charge < -0.3 is 25.0 Å². The van der Waals surface area contributed by atoms with Crippen LogP contribution in [0, 0.1) is 17.7 Å². The van der Waals surface area contributed by atoms with Gasteiger partial charge in [0.2, 0.25) is 5.43 Å². The number of nitrogens with zero attached hydrogens (tertiary/aromatic N) is 2. The molecule has 3 N–H and O–H groups in total. The number of ether oxygens (including phenoxy) is 1. The van der Waals surface area contributed by atoms with Crippen molar-refractivity contribution >= 4 is 22.6 Å². The third kappa shape index (κ3) is 3.46. The summed E-state index contributed by atoms with van der Waals surface area (Å²) >= 11 is 0. The number of nitrogens with two attached hydrogens (primary N) is 1. The van der Waals surface area contributed by atoms with E-state index in [1.54, 1.807) is 4.90 Å². The van der Waals surface area contributed by atoms with E-state index in [2.05, 4.69) is 0 Å². The number of rotatable bonds is 5. The predicted octanol–water partition coefficient (Wildman–Crippen LogP) is 3.28. The molecule has 3 fully saturated rings. The molecule has 0 radical (unpaired) electrons. The van der Waals surface area contributed by atoms with Crippen molar-refractivity contribution in [3.8, 4) is 5.75 Å². The van der Waals surface area contributed by atoms with Crippen LogP contribution in [0.4, 0.5) is 18.9 Å². The molecule has 1 aliphatic heterocycles. The first kappa shape index (κ1) is 23.4. The summed E-state index contributed by atoms with van der Waals surface area (Å²) in [6.07, 6.45) is 0.549. The van der Waals surface area contributed by atoms with Crippen LogP contribution in [-0.2, 0) is 0 Å². The fourth-order valence-electron chi connectivity index (χ4n) is 5.38. The van der Waals surface area contributed by atoms with Gasteiger partial charge in [0.15, 0.2) is 11.6 Å². The van der Waals surface area contributed by atoms with Crippen LogP contribution in [0.3, 0.4) is 0 Å². The standard InChI is InChI=1S/C21H22F3N3O4.C2H6/c1-31-19-16-10(18(28)11(20(29)30)6-27(16)15-3-13(15)23)2-14(24)17(19)26-7-12-9(5-22)4-21(12,25)8-26;1-2/h2,6,9,12-13,15H,3-5,7-8,25H2,1H3,(H,29,30);1-2H3. The van der Waals surface area contributed by atoms with Gasteiger partial charge in [0.1, 0.15) is 17.4 Å². The van der Waals surface area contributed by atoms with Crippen LogP contribution < -0.4 is 20.8 Å². The number of aromatic nitrogens is 1. The molecule has 7 nitrogen and oxygen atoms in total. The minimum Gasteiger partial charge on any atom is -0.492 e. The molecule has 3 aliphatic rings. The maximum atomic E-state index is 15.3. The molecule has 2 aromatic rings. The van der Waals surface area contributed by atoms with Crippen LogP contribution in [0.1, 0.15) is 43.1 Å². The number of alkyl halides is 2. The first-order valence-electron chi connectivity index (χ1n) is 11.1. The highest BCUT2D eigenvalue weighted by Gasteiger charge is 2.57. The first-order chi connectivity index (χ1) is 15.7. The lowest BCUT2D eigenvalue weighted by molar-refractivity contribution is 0.0629. The van der Waals surface area contributed by atoms with Gasteiger partial charge in [0.05, 0.1) is 30.7 Å². The Balaban J connectivity index is 0.00000126. The molecule has 0 bridgehead atoms. The van der Waals surface area contributed by atoms with E-state index in [4.69, 9.17) is 10.5 Å². The Kier molecular flexibility index (Phi) is 5.84. The van der Waals surface area contributed by atoms with Gasteiger partial charge in [0, 0.05) is 37.2 Å². The Labute approximate surface area is 188 Å². The zero-order valence-corrected chi connectivity index (χ0v) is 18.8. The topological polar surface area (TPSA) is 97.8 Å². The average Bonchev–Trinajstić information content (AvgIpc) is 3.45. The van der Waals surface area contributed by atoms with E-state index < -0.39 is 47.2 Å². The van der Waals surface area contributed by atoms with Gasteiger partial charge >= 0.3 is 5.97 Å². The predicted molar refractivity (Wildman–Crippen MR) is 118 cm³/mol. The molecule has 10 heteroatoms. The summed E-state index contributed by atoms with van der Waals surface area (Å²) in [7, 11) is 1.31. The molecule has 2 saturated carbocycles. The van der Waals surface area contributed by atoms with Gasteiger partial charge in [-0.15, -0.1) is 0 Å². The SMILES string of the molecule is CC.COc1c(N2CC3C(CF)CC3(N)C2)c(F)cc2c(=O)c(C(=O)O)cn(C3CC3F)c12. The zero-order valence-electron chi connectivity index (χ0n) is 18.8. The number of hydrogen-bond acceptors (Lipinski definition) is 5. The number of benzene rings is 1. The van der Waals surface area contributed by atoms with E-state index in [1.165, 1.54) is 11.7 Å². The molecule has 33 heavy (non-hydrogen) atoms. The molecule has 0 amide bonds. The second-order valence-electron chi connectivity index (χ2n) is 8.88. The molecule has 0 spiro atoms. The molecule has 1 aromatic carbocycles. The smallest absolute Gasteiger partial charge is 0.341 e. The Morgan fingerprint density at radius 1 is 1.39 bits per heavy atom. The molecule has 5 atom stereocenters. The number of carbonyl (C=O) groups is 1. The number of fused-ring (bicyclic) bond motifs is 2. The van der Waals surface area contributed by atoms with Crippen LogP contribution in [0.25, 0.3) is 10.9 Å². The minimum absolute atomic E-state index is 0.0184. The highest BCUT2D eigenvalue weighted by molar-refractivity contribution is 5.97. The second kappa shape index (κ2) is 8.23. The van der Waals surface area contributed by atoms with Gasteiger partial charge in [-0.1, -0.05) is 13.8 Å². The quantitative estimate of drug-likeness (QED) is 0.701. The van der Waals surface area contributed by atoms with Gasteiger partial charge in [-0.3, -0.25) is 9.18 Å². The number of methoxy groups -OCH3 is 1. The van der Waals surface area contributed by atoms with Gasteiger partial charge in [-0.2, -0.15) is 0 Å². The molecule has 5 unspecified atom stereocenters. The van der Waals surface area contributed by atoms with Gasteiger partial charge in [0.25, 0.3) is 0 Å². The van der Waals surface area contributed by atoms with Gasteiger partial charge in [-0.05, 0) is 18.4 Å². The van der Waals surface area contributed by atoms with Crippen molar-refractivity contribution in [2.45, 2.75) is 44.4 Å². The van der Waals surface area contributed by atoms with E-state index in [1.807, 2.05) is 13.8 Å². The van der Waals surface area contributed by atoms with Gasteiger partial charge in [-0.25, -0.2) is 13.6 Å². The average molecular weight is 467 g/mol. The van der Waals surface area contributed by atoms with E-state index >= 15 is 4.39 Å². The summed E-state index contributed by atoms with van der Waals surface area (Å²) in [5.41, 5.74) is 4.55. The van der Waals surface area contributed by atoms with Crippen LogP contribution >= 0.6 is 0 Å². The number of pyridine rings is 1. The summed E-state index contributed by atoms with van der Waals surface area (Å²) in [5, 5.41) is 9.21. The van der Waals surface area contributed by atoms with Crippen molar-refractivity contribution in [1.29, 1.82) is 0 Å². The molecule has 1 aromatic heterocycles. The lowest BCUT2D eigenvalue weighted by Gasteiger charge is -2.46. The number of carboxylic acid groups (broad SMARTS) is 1. The molecule has 2 heterocycles. The van der Waals surface area contributed by atoms with E-state index in [9.17, 15) is 23.5 Å². The summed E-state index contributed by atoms with van der Waals surface area (Å²) in [6, 6.07) is 0.310. The second-order valence-corrected chi connectivity index (χ2v) is 8.88. The number of aromatic carboxylic acids is 1. The molecular weight excluding hydrogens is 439 g/mol. The summed E-state index contributed by atoms with van der Waals surface area (Å²) in [4.78, 5) is 26.0. The number of hydrogen-bond donors (Lipinski definition) is 2. The van der Waals surface area contributed by atoms with E-state index in [-0.39, 0.29) is 40.6 Å². The van der Waals surface area contributed by atoms with Crippen molar-refractivity contribution in [1.82, 2.24) is 4.57 Å². The third-order valence-corrected chi connectivity index (χ3v) is 7.04. The Morgan fingerprint density at radius 3 is 2.61 bits per heavy atom. The van der Waals surface area contributed by atoms with Crippen LogP contribution in [-0.4, -0.2) is 54.2 Å². The normalized spacial score (nSPS) is 29.7. The highest BCUT2D eigenvalue weighted by atomic mass is 19.1. The summed E-state index contributed by atoms with van der Waals surface area (Å²) in [6.45, 7) is 4.13. The largest absolute Gasteiger partial charge is 0.492 e. The molecular formula is C23H28F3N3O4. The van der Waals surface area contributed by atoms with Crippen molar-refractivity contribution in [2.75, 3.05) is 31.8 Å². The van der Waals surface area contributed by atoms with Crippen molar-refractivity contribution < 1.29 is 27.8 Å². The number of carboxylic acids is 1. The van der Waals surface area contributed by atoms with Crippen LogP contribution in [0.15, 0.2) is 17.1 Å². The maximum Gasteiger partial charge on any atom is 0.341 e. The lowest BCUT2D eigenvalue weighted by Crippen LogP contribution is -2.60. The Hall–Kier alpha value is -2.75. The molecule has 1 saturated heterocycles. The highest BCUT2D eigenvalue weighted by Crippen LogP contribution is 2.51. The Bertz CT molecular complexity index is 1170. The zero-order chi connectivity index (χ0) is 24.2. The molecule has 2 aliphatic carbocycles. The Morgan fingerprint density at radius 2 is 2.06 bits per heavy atom. The monoisotopic (exact) mass is 467 g/mol. The van der Waals surface area contributed by atoms with E-state index in [0.717, 1.165) is 12.3 Å². The number of anilines is 1. The van der Waals surface area contributed by atoms with E-state index in [0.29, 0.717) is 19.5 Å². The fraction of sp³-hybridized carbons (Fsp3) is 0.565. The van der Waals surface area contributed by atoms with Crippen molar-refractivity contribution in [3.63, 3.8) is 0 Å². The third-order valence-electron chi connectivity index (χ3n) is 7.04. The molecule has 5 rings (SSSR count). The van der Waals surface area contributed by atoms with Crippen LogP contribution in [0.5, 0.6) is 5.75 Å². The molecule has 180 valence electrons. The van der Waals surface area contributed by atoms with Crippen molar-refractivity contribution in [3.05, 3.63) is 33.9 Å². The number of halogens is 3. The van der Waals surface area contributed by atoms with Crippen LogP contribution in [0.2, 0.25) is 0 Å². The summed E-state index contributed by atoms with van der Waals surface area (Å²) < 4.78 is 49.4. The summed E-state index contributed by atoms with van der Waals surface area (Å²) in [5.74, 6) is -2.54. The van der Waals surface area contributed by atoms with Crippen molar-refractivity contribution in [2.24, 2.45) is 17.6 Å². The lowest BCUT2D eigenvalue weighted by atomic mass is 9.62. The maximum absolute atomic E-state index is 15.3.